The Morgan fingerprint density at radius 3 is 2.57 bits per heavy atom. The first-order valence-electron chi connectivity index (χ1n) is 11.7. The Hall–Kier alpha value is -2.97. The second-order valence-corrected chi connectivity index (χ2v) is 8.85. The lowest BCUT2D eigenvalue weighted by Gasteiger charge is -2.44. The number of halogens is 1. The van der Waals surface area contributed by atoms with Gasteiger partial charge in [0.25, 0.3) is 0 Å². The molecule has 4 N–H and O–H groups in total. The van der Waals surface area contributed by atoms with Crippen LogP contribution < -0.4 is 9.47 Å². The van der Waals surface area contributed by atoms with Gasteiger partial charge in [-0.05, 0) is 39.3 Å². The van der Waals surface area contributed by atoms with Crippen LogP contribution >= 0.6 is 0 Å². The van der Waals surface area contributed by atoms with Gasteiger partial charge in [0, 0.05) is 29.8 Å². The Kier molecular flexibility index (Phi) is 8.97. The predicted molar refractivity (Wildman–Crippen MR) is 125 cm³/mol. The van der Waals surface area contributed by atoms with E-state index in [2.05, 4.69) is 9.84 Å². The minimum atomic E-state index is -2.91. The van der Waals surface area contributed by atoms with Gasteiger partial charge in [0.15, 0.2) is 6.10 Å². The molecule has 1 aliphatic heterocycles. The lowest BCUT2D eigenvalue weighted by Crippen LogP contribution is -2.67. The number of benzene rings is 1. The van der Waals surface area contributed by atoms with Crippen molar-refractivity contribution in [1.82, 2.24) is 9.78 Å². The van der Waals surface area contributed by atoms with E-state index in [-0.39, 0.29) is 23.9 Å². The van der Waals surface area contributed by atoms with Crippen LogP contribution in [0.2, 0.25) is 0 Å². The van der Waals surface area contributed by atoms with Gasteiger partial charge in [-0.25, -0.2) is 9.18 Å². The Balaban J connectivity index is 1.94. The van der Waals surface area contributed by atoms with Gasteiger partial charge in [0.2, 0.25) is 5.88 Å². The second kappa shape index (κ2) is 11.6. The molecule has 0 radical (unpaired) electrons. The van der Waals surface area contributed by atoms with E-state index in [1.54, 1.807) is 30.7 Å². The summed E-state index contributed by atoms with van der Waals surface area (Å²) in [5.74, 6) is -3.26. The number of aromatic nitrogens is 2. The Morgan fingerprint density at radius 2 is 1.97 bits per heavy atom. The summed E-state index contributed by atoms with van der Waals surface area (Å²) >= 11 is 0. The Bertz CT molecular complexity index is 1090. The molecule has 0 saturated carbocycles. The van der Waals surface area contributed by atoms with Crippen LogP contribution in [0.4, 0.5) is 9.18 Å². The standard InChI is InChI=1S/C24H33FN2O10/c1-6-34-15-8-7-14(17(25)10-15)9-16-13(4)27(12(2)3)26-22(16)37-24(32)21(30)20(29)19(28)18(36-24)11-35-23(31)33-5/h7-8,10,12,18-21,28-30,32H,6,9,11H2,1-5H3/t18-,19-,20+,21-,24+/m1/s1. The quantitative estimate of drug-likeness (QED) is 0.273. The van der Waals surface area contributed by atoms with Gasteiger partial charge in [-0.2, -0.15) is 0 Å². The summed E-state index contributed by atoms with van der Waals surface area (Å²) in [6.07, 6.45) is -8.41. The molecule has 37 heavy (non-hydrogen) atoms. The monoisotopic (exact) mass is 528 g/mol. The van der Waals surface area contributed by atoms with E-state index in [1.165, 1.54) is 6.07 Å². The van der Waals surface area contributed by atoms with E-state index in [4.69, 9.17) is 18.9 Å². The molecule has 0 aliphatic carbocycles. The topological polar surface area (TPSA) is 162 Å². The van der Waals surface area contributed by atoms with Crippen LogP contribution in [0.5, 0.6) is 11.6 Å². The number of rotatable bonds is 9. The van der Waals surface area contributed by atoms with Gasteiger partial charge in [-0.1, -0.05) is 6.07 Å². The highest BCUT2D eigenvalue weighted by atomic mass is 19.1. The molecule has 12 nitrogen and oxygen atoms in total. The zero-order valence-electron chi connectivity index (χ0n) is 21.3. The summed E-state index contributed by atoms with van der Waals surface area (Å²) < 4.78 is 41.8. The molecule has 1 fully saturated rings. The highest BCUT2D eigenvalue weighted by Crippen LogP contribution is 2.35. The Morgan fingerprint density at radius 1 is 1.27 bits per heavy atom. The van der Waals surface area contributed by atoms with Gasteiger partial charge in [0.1, 0.15) is 36.5 Å². The molecular weight excluding hydrogens is 495 g/mol. The number of ether oxygens (including phenoxy) is 5. The van der Waals surface area contributed by atoms with Gasteiger partial charge >= 0.3 is 12.1 Å². The average Bonchev–Trinajstić information content (AvgIpc) is 3.15. The summed E-state index contributed by atoms with van der Waals surface area (Å²) in [4.78, 5) is 11.3. The van der Waals surface area contributed by atoms with Crippen molar-refractivity contribution in [3.8, 4) is 11.6 Å². The van der Waals surface area contributed by atoms with Crippen molar-refractivity contribution in [3.05, 3.63) is 40.8 Å². The third-order valence-electron chi connectivity index (χ3n) is 5.95. The zero-order valence-corrected chi connectivity index (χ0v) is 21.3. The maximum Gasteiger partial charge on any atom is 0.508 e. The van der Waals surface area contributed by atoms with Crippen molar-refractivity contribution < 1.29 is 53.3 Å². The third kappa shape index (κ3) is 6.13. The fourth-order valence-corrected chi connectivity index (χ4v) is 3.98. The van der Waals surface area contributed by atoms with Crippen molar-refractivity contribution >= 4 is 6.16 Å². The normalized spacial score (nSPS) is 25.7. The SMILES string of the molecule is CCOc1ccc(Cc2c(O[C@@]3(O)O[C@H](COC(=O)OC)[C@@H](O)[C@H](O)[C@H]3O)nn(C(C)C)c2C)c(F)c1. The van der Waals surface area contributed by atoms with Crippen molar-refractivity contribution in [2.24, 2.45) is 0 Å². The number of nitrogens with zero attached hydrogens (tertiary/aromatic N) is 2. The van der Waals surface area contributed by atoms with Crippen LogP contribution in [0.1, 0.15) is 43.6 Å². The second-order valence-electron chi connectivity index (χ2n) is 8.85. The summed E-state index contributed by atoms with van der Waals surface area (Å²) in [5.41, 5.74) is 1.26. The zero-order chi connectivity index (χ0) is 27.5. The molecule has 13 heteroatoms. The van der Waals surface area contributed by atoms with E-state index in [1.807, 2.05) is 13.8 Å². The third-order valence-corrected chi connectivity index (χ3v) is 5.95. The van der Waals surface area contributed by atoms with Gasteiger partial charge in [-0.3, -0.25) is 4.68 Å². The van der Waals surface area contributed by atoms with Crippen molar-refractivity contribution in [2.75, 3.05) is 20.3 Å². The molecule has 0 amide bonds. The number of carbonyl (C=O) groups is 1. The van der Waals surface area contributed by atoms with E-state index >= 15 is 0 Å². The number of hydrogen-bond acceptors (Lipinski definition) is 11. The van der Waals surface area contributed by atoms with Crippen LogP contribution in [-0.4, -0.2) is 87.1 Å². The van der Waals surface area contributed by atoms with Gasteiger partial charge < -0.3 is 44.1 Å². The summed E-state index contributed by atoms with van der Waals surface area (Å²) in [7, 11) is 1.07. The molecule has 3 rings (SSSR count). The maximum absolute atomic E-state index is 14.8. The molecule has 1 aromatic heterocycles. The van der Waals surface area contributed by atoms with Gasteiger partial charge in [0.05, 0.1) is 13.7 Å². The summed E-state index contributed by atoms with van der Waals surface area (Å²) in [6, 6.07) is 4.28. The summed E-state index contributed by atoms with van der Waals surface area (Å²) in [6.45, 7) is 6.97. The maximum atomic E-state index is 14.8. The average molecular weight is 529 g/mol. The molecule has 2 heterocycles. The molecule has 1 saturated heterocycles. The van der Waals surface area contributed by atoms with Crippen LogP contribution in [-0.2, 0) is 20.6 Å². The number of carbonyl (C=O) groups excluding carboxylic acids is 1. The molecule has 0 spiro atoms. The van der Waals surface area contributed by atoms with E-state index < -0.39 is 49.0 Å². The largest absolute Gasteiger partial charge is 0.508 e. The molecular formula is C24H33FN2O10. The van der Waals surface area contributed by atoms with Crippen molar-refractivity contribution in [3.63, 3.8) is 0 Å². The molecule has 1 aliphatic rings. The first kappa shape index (κ1) is 28.6. The molecule has 0 bridgehead atoms. The minimum Gasteiger partial charge on any atom is -0.494 e. The first-order valence-corrected chi connectivity index (χ1v) is 11.7. The van der Waals surface area contributed by atoms with Crippen LogP contribution in [0.15, 0.2) is 18.2 Å². The highest BCUT2D eigenvalue weighted by molar-refractivity contribution is 5.59. The Labute approximate surface area is 213 Å². The number of hydrogen-bond donors (Lipinski definition) is 4. The van der Waals surface area contributed by atoms with Crippen molar-refractivity contribution in [1.29, 1.82) is 0 Å². The fourth-order valence-electron chi connectivity index (χ4n) is 3.98. The molecule has 0 unspecified atom stereocenters. The van der Waals surface area contributed by atoms with Crippen LogP contribution in [0, 0.1) is 12.7 Å². The lowest BCUT2D eigenvalue weighted by atomic mass is 9.97. The molecule has 1 aromatic carbocycles. The van der Waals surface area contributed by atoms with E-state index in [0.717, 1.165) is 7.11 Å². The number of methoxy groups -OCH3 is 1. The lowest BCUT2D eigenvalue weighted by molar-refractivity contribution is -0.423. The first-order chi connectivity index (χ1) is 17.4. The highest BCUT2D eigenvalue weighted by Gasteiger charge is 2.56. The van der Waals surface area contributed by atoms with E-state index in [9.17, 15) is 29.6 Å². The molecule has 2 aromatic rings. The summed E-state index contributed by atoms with van der Waals surface area (Å²) in [5, 5.41) is 46.5. The molecule has 206 valence electrons. The predicted octanol–water partition coefficient (Wildman–Crippen LogP) is 1.19. The van der Waals surface area contributed by atoms with Crippen molar-refractivity contribution in [2.45, 2.75) is 70.5 Å². The smallest absolute Gasteiger partial charge is 0.494 e. The van der Waals surface area contributed by atoms with Crippen LogP contribution in [0.25, 0.3) is 0 Å². The minimum absolute atomic E-state index is 0.00163. The van der Waals surface area contributed by atoms with Gasteiger partial charge in [-0.15, -0.1) is 5.10 Å². The van der Waals surface area contributed by atoms with E-state index in [0.29, 0.717) is 23.6 Å². The molecule has 5 atom stereocenters. The number of aliphatic hydroxyl groups is 4. The van der Waals surface area contributed by atoms with Crippen LogP contribution in [0.3, 0.4) is 0 Å². The number of aliphatic hydroxyl groups excluding tert-OH is 3. The fraction of sp³-hybridized carbons (Fsp3) is 0.583.